The minimum Gasteiger partial charge on any atom is -0.460 e. The summed E-state index contributed by atoms with van der Waals surface area (Å²) in [7, 11) is 0. The maximum atomic E-state index is 11.4. The van der Waals surface area contributed by atoms with Gasteiger partial charge in [-0.05, 0) is 25.7 Å². The molecule has 1 unspecified atom stereocenters. The highest BCUT2D eigenvalue weighted by Gasteiger charge is 2.59. The molecule has 1 aliphatic heterocycles. The van der Waals surface area contributed by atoms with Crippen LogP contribution in [0.25, 0.3) is 0 Å². The lowest BCUT2D eigenvalue weighted by atomic mass is 9.99. The van der Waals surface area contributed by atoms with Crippen molar-refractivity contribution in [3.05, 3.63) is 0 Å². The lowest BCUT2D eigenvalue weighted by Crippen LogP contribution is -2.22. The van der Waals surface area contributed by atoms with E-state index >= 15 is 0 Å². The van der Waals surface area contributed by atoms with E-state index in [0.29, 0.717) is 0 Å². The zero-order chi connectivity index (χ0) is 9.47. The molecule has 0 amide bonds. The van der Waals surface area contributed by atoms with Gasteiger partial charge in [0.1, 0.15) is 11.7 Å². The van der Waals surface area contributed by atoms with Crippen LogP contribution in [0.4, 0.5) is 0 Å². The van der Waals surface area contributed by atoms with E-state index in [0.717, 1.165) is 25.7 Å². The van der Waals surface area contributed by atoms with E-state index in [1.807, 2.05) is 13.8 Å². The summed E-state index contributed by atoms with van der Waals surface area (Å²) in [5.74, 6) is -0.147. The van der Waals surface area contributed by atoms with Crippen LogP contribution in [0.2, 0.25) is 0 Å². The molecule has 2 aliphatic rings. The molecule has 1 aliphatic carbocycles. The number of carbonyl (C=O) groups is 1. The molecule has 1 atom stereocenters. The van der Waals surface area contributed by atoms with Crippen LogP contribution in [0.15, 0.2) is 0 Å². The smallest absolute Gasteiger partial charge is 0.338 e. The first kappa shape index (κ1) is 9.00. The highest BCUT2D eigenvalue weighted by atomic mass is 16.7. The molecular weight excluding hydrogens is 168 g/mol. The van der Waals surface area contributed by atoms with Crippen molar-refractivity contribution in [3.8, 4) is 0 Å². The van der Waals surface area contributed by atoms with Crippen LogP contribution in [0.1, 0.15) is 39.5 Å². The predicted molar refractivity (Wildman–Crippen MR) is 47.3 cm³/mol. The molecule has 1 heterocycles. The molecule has 13 heavy (non-hydrogen) atoms. The van der Waals surface area contributed by atoms with Crippen molar-refractivity contribution in [2.75, 3.05) is 0 Å². The van der Waals surface area contributed by atoms with Crippen molar-refractivity contribution < 1.29 is 14.3 Å². The van der Waals surface area contributed by atoms with Crippen LogP contribution in [-0.4, -0.2) is 23.8 Å². The molecule has 0 N–H and O–H groups in total. The monoisotopic (exact) mass is 184 g/mol. The molecular formula is C10H16O3. The molecule has 0 radical (unpaired) electrons. The number of carbonyl (C=O) groups excluding carboxylic acids is 1. The van der Waals surface area contributed by atoms with Gasteiger partial charge in [-0.1, -0.05) is 13.8 Å². The van der Waals surface area contributed by atoms with Gasteiger partial charge in [0, 0.05) is 0 Å². The Morgan fingerprint density at radius 2 is 2.08 bits per heavy atom. The van der Waals surface area contributed by atoms with Crippen molar-refractivity contribution in [1.29, 1.82) is 0 Å². The normalized spacial score (nSPS) is 29.8. The summed E-state index contributed by atoms with van der Waals surface area (Å²) in [6, 6.07) is 0. The highest BCUT2D eigenvalue weighted by Crippen LogP contribution is 2.44. The van der Waals surface area contributed by atoms with Crippen molar-refractivity contribution >= 4 is 5.97 Å². The molecule has 0 aromatic rings. The quantitative estimate of drug-likeness (QED) is 0.492. The summed E-state index contributed by atoms with van der Waals surface area (Å²) >= 11 is 0. The second kappa shape index (κ2) is 2.98. The highest BCUT2D eigenvalue weighted by molar-refractivity contribution is 5.79. The Kier molecular flexibility index (Phi) is 2.06. The van der Waals surface area contributed by atoms with Gasteiger partial charge in [-0.3, -0.25) is 0 Å². The van der Waals surface area contributed by atoms with E-state index < -0.39 is 0 Å². The van der Waals surface area contributed by atoms with E-state index in [1.165, 1.54) is 0 Å². The van der Waals surface area contributed by atoms with Gasteiger partial charge in [0.2, 0.25) is 0 Å². The van der Waals surface area contributed by atoms with Crippen LogP contribution in [0.3, 0.4) is 0 Å². The second-order valence-corrected chi connectivity index (χ2v) is 3.91. The van der Waals surface area contributed by atoms with E-state index in [9.17, 15) is 4.79 Å². The van der Waals surface area contributed by atoms with Gasteiger partial charge in [0.25, 0.3) is 0 Å². The Morgan fingerprint density at radius 1 is 1.46 bits per heavy atom. The lowest BCUT2D eigenvalue weighted by molar-refractivity contribution is -0.146. The minimum absolute atomic E-state index is 0.147. The maximum absolute atomic E-state index is 11.4. The Bertz CT molecular complexity index is 216. The summed E-state index contributed by atoms with van der Waals surface area (Å²) in [4.78, 5) is 11.4. The predicted octanol–water partition coefficient (Wildman–Crippen LogP) is 1.65. The van der Waals surface area contributed by atoms with Gasteiger partial charge in [0.05, 0.1) is 0 Å². The van der Waals surface area contributed by atoms with Crippen LogP contribution in [0, 0.1) is 0 Å². The third-order valence-electron chi connectivity index (χ3n) is 2.99. The van der Waals surface area contributed by atoms with E-state index in [-0.39, 0.29) is 23.8 Å². The third kappa shape index (κ3) is 1.57. The van der Waals surface area contributed by atoms with Gasteiger partial charge in [-0.2, -0.15) is 0 Å². The minimum atomic E-state index is -0.275. The first-order valence-corrected chi connectivity index (χ1v) is 5.10. The summed E-state index contributed by atoms with van der Waals surface area (Å²) in [5.41, 5.74) is -0.189. The van der Waals surface area contributed by atoms with Gasteiger partial charge in [0.15, 0.2) is 6.10 Å². The fourth-order valence-electron chi connectivity index (χ4n) is 1.66. The molecule has 3 nitrogen and oxygen atoms in total. The van der Waals surface area contributed by atoms with Crippen LogP contribution < -0.4 is 0 Å². The van der Waals surface area contributed by atoms with Crippen LogP contribution in [-0.2, 0) is 14.3 Å². The fourth-order valence-corrected chi connectivity index (χ4v) is 1.66. The summed E-state index contributed by atoms with van der Waals surface area (Å²) in [6.07, 6.45) is 3.78. The van der Waals surface area contributed by atoms with Gasteiger partial charge in [-0.25, -0.2) is 4.79 Å². The number of ether oxygens (including phenoxy) is 2. The van der Waals surface area contributed by atoms with Gasteiger partial charge in [-0.15, -0.1) is 0 Å². The van der Waals surface area contributed by atoms with E-state index in [4.69, 9.17) is 9.47 Å². The summed E-state index contributed by atoms with van der Waals surface area (Å²) in [6.45, 7) is 4.10. The standard InChI is InChI=1S/C10H16O3/c1-3-10(4-2)8(13-10)9(11)12-7-5-6-7/h7-8H,3-6H2,1-2H3. The molecule has 3 heteroatoms. The molecule has 0 bridgehead atoms. The van der Waals surface area contributed by atoms with Gasteiger partial charge < -0.3 is 9.47 Å². The van der Waals surface area contributed by atoms with Crippen LogP contribution in [0.5, 0.6) is 0 Å². The third-order valence-corrected chi connectivity index (χ3v) is 2.99. The maximum Gasteiger partial charge on any atom is 0.338 e. The Hall–Kier alpha value is -0.570. The zero-order valence-electron chi connectivity index (χ0n) is 8.21. The number of esters is 1. The van der Waals surface area contributed by atoms with Crippen LogP contribution >= 0.6 is 0 Å². The van der Waals surface area contributed by atoms with Gasteiger partial charge >= 0.3 is 5.97 Å². The molecule has 74 valence electrons. The summed E-state index contributed by atoms with van der Waals surface area (Å²) in [5, 5.41) is 0. The number of epoxide rings is 1. The molecule has 0 spiro atoms. The number of hydrogen-bond donors (Lipinski definition) is 0. The molecule has 0 aromatic heterocycles. The topological polar surface area (TPSA) is 38.8 Å². The average molecular weight is 184 g/mol. The summed E-state index contributed by atoms with van der Waals surface area (Å²) < 4.78 is 10.6. The molecule has 1 saturated heterocycles. The number of rotatable bonds is 4. The average Bonchev–Trinajstić information content (AvgIpc) is 2.99. The van der Waals surface area contributed by atoms with Crippen molar-refractivity contribution in [3.63, 3.8) is 0 Å². The Labute approximate surface area is 78.4 Å². The Balaban J connectivity index is 1.85. The Morgan fingerprint density at radius 3 is 2.46 bits per heavy atom. The largest absolute Gasteiger partial charge is 0.460 e. The van der Waals surface area contributed by atoms with E-state index in [2.05, 4.69) is 0 Å². The molecule has 2 fully saturated rings. The van der Waals surface area contributed by atoms with Crippen molar-refractivity contribution in [2.45, 2.75) is 57.3 Å². The SMILES string of the molecule is CCC1(CC)OC1C(=O)OC1CC1. The zero-order valence-corrected chi connectivity index (χ0v) is 8.21. The first-order valence-electron chi connectivity index (χ1n) is 5.10. The lowest BCUT2D eigenvalue weighted by Gasteiger charge is -2.05. The van der Waals surface area contributed by atoms with Crippen molar-refractivity contribution in [1.82, 2.24) is 0 Å². The molecule has 2 rings (SSSR count). The molecule has 1 saturated carbocycles. The number of hydrogen-bond acceptors (Lipinski definition) is 3. The van der Waals surface area contributed by atoms with E-state index in [1.54, 1.807) is 0 Å². The second-order valence-electron chi connectivity index (χ2n) is 3.91. The molecule has 0 aromatic carbocycles. The fraction of sp³-hybridized carbons (Fsp3) is 0.900. The van der Waals surface area contributed by atoms with Crippen molar-refractivity contribution in [2.24, 2.45) is 0 Å². The first-order chi connectivity index (χ1) is 6.22.